The molecule has 9 nitrogen and oxygen atoms in total. The molecule has 0 saturated heterocycles. The molecule has 0 aliphatic rings. The molecule has 9 heteroatoms. The number of ether oxygens (including phenoxy) is 2. The minimum absolute atomic E-state index is 0.0210. The number of benzene rings is 1. The van der Waals surface area contributed by atoms with Crippen LogP contribution in [0.4, 0.5) is 4.79 Å². The molecule has 1 aromatic rings. The summed E-state index contributed by atoms with van der Waals surface area (Å²) in [6, 6.07) is 6.80. The highest BCUT2D eigenvalue weighted by Crippen LogP contribution is 2.27. The van der Waals surface area contributed by atoms with Crippen LogP contribution in [0.15, 0.2) is 30.3 Å². The van der Waals surface area contributed by atoms with E-state index in [1.807, 2.05) is 33.8 Å². The van der Waals surface area contributed by atoms with Crippen molar-refractivity contribution in [2.45, 2.75) is 92.0 Å². The summed E-state index contributed by atoms with van der Waals surface area (Å²) in [4.78, 5) is 53.3. The monoisotopic (exact) mass is 505 g/mol. The second-order valence-corrected chi connectivity index (χ2v) is 10.0. The molecule has 0 radical (unpaired) electrons. The largest absolute Gasteiger partial charge is 0.466 e. The predicted molar refractivity (Wildman–Crippen MR) is 138 cm³/mol. The van der Waals surface area contributed by atoms with Crippen LogP contribution in [0.25, 0.3) is 0 Å². The maximum atomic E-state index is 14.0. The lowest BCUT2D eigenvalue weighted by Crippen LogP contribution is -2.57. The van der Waals surface area contributed by atoms with E-state index in [2.05, 4.69) is 10.6 Å². The van der Waals surface area contributed by atoms with Crippen molar-refractivity contribution in [2.24, 2.45) is 5.92 Å². The zero-order valence-corrected chi connectivity index (χ0v) is 22.9. The van der Waals surface area contributed by atoms with Crippen molar-refractivity contribution in [2.75, 3.05) is 13.2 Å². The Kier molecular flexibility index (Phi) is 12.4. The van der Waals surface area contributed by atoms with Gasteiger partial charge in [0.1, 0.15) is 17.7 Å². The smallest absolute Gasteiger partial charge is 0.408 e. The van der Waals surface area contributed by atoms with Crippen molar-refractivity contribution in [1.82, 2.24) is 15.5 Å². The second kappa shape index (κ2) is 14.5. The summed E-state index contributed by atoms with van der Waals surface area (Å²) in [5.74, 6) is -1.48. The molecule has 0 aliphatic carbocycles. The third-order valence-corrected chi connectivity index (χ3v) is 5.50. The van der Waals surface area contributed by atoms with E-state index in [0.717, 1.165) is 0 Å². The minimum Gasteiger partial charge on any atom is -0.466 e. The molecule has 202 valence electrons. The topological polar surface area (TPSA) is 114 Å². The van der Waals surface area contributed by atoms with Gasteiger partial charge in [0.15, 0.2) is 0 Å². The van der Waals surface area contributed by atoms with Crippen LogP contribution in [0.1, 0.15) is 79.8 Å². The average Bonchev–Trinajstić information content (AvgIpc) is 2.79. The Balaban J connectivity index is 3.34. The molecule has 0 heterocycles. The van der Waals surface area contributed by atoms with Crippen molar-refractivity contribution in [3.8, 4) is 0 Å². The van der Waals surface area contributed by atoms with E-state index in [1.54, 1.807) is 52.0 Å². The lowest BCUT2D eigenvalue weighted by molar-refractivity contribution is -0.146. The molecule has 0 spiro atoms. The van der Waals surface area contributed by atoms with Crippen molar-refractivity contribution in [3.05, 3.63) is 35.9 Å². The minimum atomic E-state index is -0.961. The molecule has 0 aliphatic heterocycles. The summed E-state index contributed by atoms with van der Waals surface area (Å²) in [6.45, 7) is 14.7. The summed E-state index contributed by atoms with van der Waals surface area (Å²) >= 11 is 0. The fourth-order valence-corrected chi connectivity index (χ4v) is 3.60. The summed E-state index contributed by atoms with van der Waals surface area (Å²) in [6.07, 6.45) is -0.0934. The summed E-state index contributed by atoms with van der Waals surface area (Å²) in [7, 11) is 0. The number of nitrogens with one attached hydrogen (secondary N) is 2. The molecule has 1 aromatic carbocycles. The predicted octanol–water partition coefficient (Wildman–Crippen LogP) is 3.97. The van der Waals surface area contributed by atoms with E-state index in [-0.39, 0.29) is 37.4 Å². The van der Waals surface area contributed by atoms with Gasteiger partial charge in [0.05, 0.1) is 13.0 Å². The van der Waals surface area contributed by atoms with E-state index >= 15 is 0 Å². The van der Waals surface area contributed by atoms with Crippen molar-refractivity contribution < 1.29 is 28.7 Å². The molecule has 0 fully saturated rings. The van der Waals surface area contributed by atoms with Crippen LogP contribution in [0.2, 0.25) is 0 Å². The molecule has 1 rings (SSSR count). The Hall–Kier alpha value is -3.10. The molecule has 0 bridgehead atoms. The molecule has 3 atom stereocenters. The molecule has 0 saturated carbocycles. The normalized spacial score (nSPS) is 13.8. The van der Waals surface area contributed by atoms with Gasteiger partial charge in [-0.3, -0.25) is 14.4 Å². The third-order valence-electron chi connectivity index (χ3n) is 5.50. The maximum absolute atomic E-state index is 14.0. The SMILES string of the molecule is CCOC(=O)CCNC(=O)C(c1ccccc1)N(C(=O)C(NC(=O)OC(C)(C)C)C(C)C)C(C)CC. The first-order chi connectivity index (χ1) is 16.8. The standard InChI is InChI=1S/C27H43N3O6/c1-9-19(5)30(25(33)22(18(3)4)29-26(34)36-27(6,7)8)23(20-14-12-11-13-15-20)24(32)28-17-16-21(31)35-10-2/h11-15,18-19,22-23H,9-10,16-17H2,1-8H3,(H,28,32)(H,29,34). The zero-order valence-electron chi connectivity index (χ0n) is 22.9. The van der Waals surface area contributed by atoms with Gasteiger partial charge in [-0.15, -0.1) is 0 Å². The first kappa shape index (κ1) is 30.9. The molecule has 3 amide bonds. The van der Waals surface area contributed by atoms with Crippen LogP contribution >= 0.6 is 0 Å². The lowest BCUT2D eigenvalue weighted by atomic mass is 9.96. The van der Waals surface area contributed by atoms with E-state index in [1.165, 1.54) is 4.90 Å². The van der Waals surface area contributed by atoms with Gasteiger partial charge in [0, 0.05) is 12.6 Å². The lowest BCUT2D eigenvalue weighted by Gasteiger charge is -2.39. The van der Waals surface area contributed by atoms with Crippen LogP contribution in [0.5, 0.6) is 0 Å². The summed E-state index contributed by atoms with van der Waals surface area (Å²) in [5, 5.41) is 5.48. The summed E-state index contributed by atoms with van der Waals surface area (Å²) in [5.41, 5.74) is -0.101. The van der Waals surface area contributed by atoms with E-state index in [4.69, 9.17) is 9.47 Å². The number of hydrogen-bond donors (Lipinski definition) is 2. The number of esters is 1. The summed E-state index contributed by atoms with van der Waals surface area (Å²) < 4.78 is 10.3. The Morgan fingerprint density at radius 1 is 1.00 bits per heavy atom. The van der Waals surface area contributed by atoms with Gasteiger partial charge in [-0.2, -0.15) is 0 Å². The Morgan fingerprint density at radius 2 is 1.61 bits per heavy atom. The number of rotatable bonds is 12. The highest BCUT2D eigenvalue weighted by atomic mass is 16.6. The molecular weight excluding hydrogens is 462 g/mol. The average molecular weight is 506 g/mol. The fraction of sp³-hybridized carbons (Fsp3) is 0.630. The number of amides is 3. The van der Waals surface area contributed by atoms with Crippen LogP contribution in [-0.2, 0) is 23.9 Å². The number of carbonyl (C=O) groups is 4. The quantitative estimate of drug-likeness (QED) is 0.416. The Morgan fingerprint density at radius 3 is 2.11 bits per heavy atom. The highest BCUT2D eigenvalue weighted by Gasteiger charge is 2.39. The van der Waals surface area contributed by atoms with E-state index in [9.17, 15) is 19.2 Å². The number of nitrogens with zero attached hydrogens (tertiary/aromatic N) is 1. The van der Waals surface area contributed by atoms with E-state index in [0.29, 0.717) is 12.0 Å². The first-order valence-electron chi connectivity index (χ1n) is 12.6. The number of alkyl carbamates (subject to hydrolysis) is 1. The van der Waals surface area contributed by atoms with Gasteiger partial charge in [0.2, 0.25) is 11.8 Å². The maximum Gasteiger partial charge on any atom is 0.408 e. The molecule has 36 heavy (non-hydrogen) atoms. The molecule has 2 N–H and O–H groups in total. The number of carbonyl (C=O) groups excluding carboxylic acids is 4. The van der Waals surface area contributed by atoms with Gasteiger partial charge in [0.25, 0.3) is 0 Å². The van der Waals surface area contributed by atoms with Gasteiger partial charge in [-0.05, 0) is 52.5 Å². The molecule has 0 aromatic heterocycles. The van der Waals surface area contributed by atoms with Gasteiger partial charge in [-0.1, -0.05) is 51.1 Å². The van der Waals surface area contributed by atoms with Crippen LogP contribution in [0.3, 0.4) is 0 Å². The number of hydrogen-bond acceptors (Lipinski definition) is 6. The van der Waals surface area contributed by atoms with Gasteiger partial charge >= 0.3 is 12.1 Å². The highest BCUT2D eigenvalue weighted by molar-refractivity contribution is 5.92. The molecule has 3 unspecified atom stereocenters. The van der Waals surface area contributed by atoms with Crippen molar-refractivity contribution in [1.29, 1.82) is 0 Å². The van der Waals surface area contributed by atoms with Crippen LogP contribution in [0, 0.1) is 5.92 Å². The van der Waals surface area contributed by atoms with Crippen LogP contribution in [-0.4, -0.2) is 59.6 Å². The first-order valence-corrected chi connectivity index (χ1v) is 12.6. The Bertz CT molecular complexity index is 866. The van der Waals surface area contributed by atoms with Crippen molar-refractivity contribution >= 4 is 23.9 Å². The molecular formula is C27H43N3O6. The van der Waals surface area contributed by atoms with E-state index < -0.39 is 35.7 Å². The Labute approximate surface area is 215 Å². The fourth-order valence-electron chi connectivity index (χ4n) is 3.60. The van der Waals surface area contributed by atoms with Gasteiger partial charge in [-0.25, -0.2) is 4.79 Å². The third kappa shape index (κ3) is 9.87. The second-order valence-electron chi connectivity index (χ2n) is 10.0. The van der Waals surface area contributed by atoms with Crippen molar-refractivity contribution in [3.63, 3.8) is 0 Å². The van der Waals surface area contributed by atoms with Gasteiger partial charge < -0.3 is 25.0 Å². The van der Waals surface area contributed by atoms with Crippen LogP contribution < -0.4 is 10.6 Å². The zero-order chi connectivity index (χ0) is 27.5.